The van der Waals surface area contributed by atoms with E-state index in [0.29, 0.717) is 16.9 Å². The van der Waals surface area contributed by atoms with Gasteiger partial charge in [-0.25, -0.2) is 4.79 Å². The Bertz CT molecular complexity index is 991. The normalized spacial score (nSPS) is 11.0. The molecule has 3 aromatic rings. The van der Waals surface area contributed by atoms with Crippen molar-refractivity contribution < 1.29 is 18.8 Å². The average molecular weight is 393 g/mol. The van der Waals surface area contributed by atoms with E-state index in [1.165, 1.54) is 0 Å². The molecule has 0 bridgehead atoms. The molecule has 0 unspecified atom stereocenters. The molecule has 1 amide bonds. The fourth-order valence-electron chi connectivity index (χ4n) is 2.52. The van der Waals surface area contributed by atoms with E-state index in [1.807, 2.05) is 57.2 Å². The van der Waals surface area contributed by atoms with E-state index >= 15 is 0 Å². The number of nitrogens with one attached hydrogen (secondary N) is 2. The maximum absolute atomic E-state index is 12.5. The molecule has 0 fully saturated rings. The highest BCUT2D eigenvalue weighted by molar-refractivity contribution is 5.98. The van der Waals surface area contributed by atoms with E-state index in [9.17, 15) is 9.59 Å². The van der Waals surface area contributed by atoms with Gasteiger partial charge in [-0.05, 0) is 24.3 Å². The monoisotopic (exact) mass is 393 g/mol. The van der Waals surface area contributed by atoms with Crippen LogP contribution < -0.4 is 10.6 Å². The minimum absolute atomic E-state index is 0.200. The first-order valence-electron chi connectivity index (χ1n) is 9.18. The van der Waals surface area contributed by atoms with Crippen molar-refractivity contribution in [1.29, 1.82) is 0 Å². The lowest BCUT2D eigenvalue weighted by Crippen LogP contribution is -2.21. The Hall–Kier alpha value is -3.61. The zero-order valence-corrected chi connectivity index (χ0v) is 16.6. The molecule has 150 valence electrons. The summed E-state index contributed by atoms with van der Waals surface area (Å²) in [6.45, 7) is 5.52. The van der Waals surface area contributed by atoms with Gasteiger partial charge in [-0.1, -0.05) is 56.3 Å². The minimum Gasteiger partial charge on any atom is -0.452 e. The van der Waals surface area contributed by atoms with E-state index < -0.39 is 18.5 Å². The van der Waals surface area contributed by atoms with E-state index in [2.05, 4.69) is 15.8 Å². The highest BCUT2D eigenvalue weighted by Crippen LogP contribution is 2.24. The molecule has 0 aliphatic rings. The van der Waals surface area contributed by atoms with Crippen LogP contribution >= 0.6 is 0 Å². The zero-order chi connectivity index (χ0) is 20.9. The molecule has 1 aromatic heterocycles. The first-order chi connectivity index (χ1) is 13.8. The summed E-state index contributed by atoms with van der Waals surface area (Å²) in [4.78, 5) is 24.6. The van der Waals surface area contributed by atoms with Crippen LogP contribution in [-0.4, -0.2) is 23.6 Å². The molecular formula is C22H23N3O4. The number of hydrogen-bond donors (Lipinski definition) is 2. The van der Waals surface area contributed by atoms with E-state index in [-0.39, 0.29) is 11.3 Å². The Balaban J connectivity index is 1.59. The SMILES string of the molecule is CC(C)(C)c1cc(NC(=O)COC(=O)c2ccccc2Nc2ccccc2)on1. The Morgan fingerprint density at radius 2 is 1.72 bits per heavy atom. The van der Waals surface area contributed by atoms with Crippen LogP contribution in [0.15, 0.2) is 65.2 Å². The predicted octanol–water partition coefficient (Wildman–Crippen LogP) is 4.51. The summed E-state index contributed by atoms with van der Waals surface area (Å²) >= 11 is 0. The first kappa shape index (κ1) is 20.1. The van der Waals surface area contributed by atoms with Crippen molar-refractivity contribution in [2.75, 3.05) is 17.2 Å². The van der Waals surface area contributed by atoms with Gasteiger partial charge in [0.25, 0.3) is 5.91 Å². The number of para-hydroxylation sites is 2. The summed E-state index contributed by atoms with van der Waals surface area (Å²) in [5.41, 5.74) is 2.28. The van der Waals surface area contributed by atoms with Crippen molar-refractivity contribution in [3.63, 3.8) is 0 Å². The lowest BCUT2D eigenvalue weighted by Gasteiger charge is -2.12. The van der Waals surface area contributed by atoms with Gasteiger partial charge in [-0.15, -0.1) is 0 Å². The Kier molecular flexibility index (Phi) is 5.97. The van der Waals surface area contributed by atoms with Crippen molar-refractivity contribution in [3.8, 4) is 0 Å². The molecule has 0 radical (unpaired) electrons. The molecule has 2 aromatic carbocycles. The van der Waals surface area contributed by atoms with Crippen LogP contribution in [0.5, 0.6) is 0 Å². The number of carbonyl (C=O) groups excluding carboxylic acids is 2. The molecule has 0 spiro atoms. The minimum atomic E-state index is -0.605. The largest absolute Gasteiger partial charge is 0.452 e. The van der Waals surface area contributed by atoms with Crippen LogP contribution in [0.1, 0.15) is 36.8 Å². The number of amides is 1. The molecule has 3 rings (SSSR count). The number of anilines is 3. The highest BCUT2D eigenvalue weighted by atomic mass is 16.5. The van der Waals surface area contributed by atoms with Crippen LogP contribution in [0.25, 0.3) is 0 Å². The van der Waals surface area contributed by atoms with Crippen molar-refractivity contribution in [3.05, 3.63) is 71.9 Å². The van der Waals surface area contributed by atoms with Gasteiger partial charge in [0.2, 0.25) is 5.88 Å². The molecule has 29 heavy (non-hydrogen) atoms. The fraction of sp³-hybridized carbons (Fsp3) is 0.227. The second-order valence-corrected chi connectivity index (χ2v) is 7.49. The second-order valence-electron chi connectivity index (χ2n) is 7.49. The highest BCUT2D eigenvalue weighted by Gasteiger charge is 2.20. The zero-order valence-electron chi connectivity index (χ0n) is 16.6. The van der Waals surface area contributed by atoms with Gasteiger partial charge in [0.05, 0.1) is 16.9 Å². The van der Waals surface area contributed by atoms with E-state index in [4.69, 9.17) is 9.26 Å². The van der Waals surface area contributed by atoms with Crippen molar-refractivity contribution in [2.45, 2.75) is 26.2 Å². The smallest absolute Gasteiger partial charge is 0.340 e. The summed E-state index contributed by atoms with van der Waals surface area (Å²) < 4.78 is 10.3. The molecule has 0 aliphatic carbocycles. The van der Waals surface area contributed by atoms with Gasteiger partial charge in [0, 0.05) is 17.2 Å². The van der Waals surface area contributed by atoms with Gasteiger partial charge in [-0.2, -0.15) is 0 Å². The lowest BCUT2D eigenvalue weighted by atomic mass is 9.92. The Morgan fingerprint density at radius 3 is 2.41 bits per heavy atom. The molecule has 7 heteroatoms. The summed E-state index contributed by atoms with van der Waals surface area (Å²) in [6.07, 6.45) is 0. The van der Waals surface area contributed by atoms with E-state index in [1.54, 1.807) is 24.3 Å². The number of rotatable bonds is 6. The summed E-state index contributed by atoms with van der Waals surface area (Å²) in [5, 5.41) is 9.64. The number of nitrogens with zero attached hydrogens (tertiary/aromatic N) is 1. The maximum Gasteiger partial charge on any atom is 0.340 e. The molecule has 0 atom stereocenters. The summed E-state index contributed by atoms with van der Waals surface area (Å²) in [7, 11) is 0. The standard InChI is InChI=1S/C22H23N3O4/c1-22(2,3)18-13-20(29-25-18)24-19(26)14-28-21(27)16-11-7-8-12-17(16)23-15-9-5-4-6-10-15/h4-13,23H,14H2,1-3H3,(H,24,26). The number of benzene rings is 2. The Labute approximate surface area is 169 Å². The van der Waals surface area contributed by atoms with Crippen LogP contribution in [0.3, 0.4) is 0 Å². The van der Waals surface area contributed by atoms with Crippen molar-refractivity contribution in [1.82, 2.24) is 5.16 Å². The maximum atomic E-state index is 12.5. The molecule has 0 saturated heterocycles. The molecule has 2 N–H and O–H groups in total. The quantitative estimate of drug-likeness (QED) is 0.599. The lowest BCUT2D eigenvalue weighted by molar-refractivity contribution is -0.119. The predicted molar refractivity (Wildman–Crippen MR) is 110 cm³/mol. The van der Waals surface area contributed by atoms with Gasteiger partial charge >= 0.3 is 5.97 Å². The van der Waals surface area contributed by atoms with Crippen LogP contribution in [-0.2, 0) is 14.9 Å². The third kappa shape index (κ3) is 5.44. The number of carbonyl (C=O) groups is 2. The molecule has 7 nitrogen and oxygen atoms in total. The number of ether oxygens (including phenoxy) is 1. The third-order valence-corrected chi connectivity index (χ3v) is 4.08. The van der Waals surface area contributed by atoms with Gasteiger partial charge in [0.1, 0.15) is 0 Å². The van der Waals surface area contributed by atoms with Crippen LogP contribution in [0, 0.1) is 0 Å². The fourth-order valence-corrected chi connectivity index (χ4v) is 2.52. The molecule has 0 aliphatic heterocycles. The summed E-state index contributed by atoms with van der Waals surface area (Å²) in [6, 6.07) is 18.1. The van der Waals surface area contributed by atoms with Gasteiger partial charge in [-0.3, -0.25) is 10.1 Å². The molecule has 1 heterocycles. The topological polar surface area (TPSA) is 93.5 Å². The number of aromatic nitrogens is 1. The van der Waals surface area contributed by atoms with Crippen molar-refractivity contribution >= 4 is 29.1 Å². The number of hydrogen-bond acceptors (Lipinski definition) is 6. The Morgan fingerprint density at radius 1 is 1.03 bits per heavy atom. The van der Waals surface area contributed by atoms with Crippen molar-refractivity contribution in [2.24, 2.45) is 0 Å². The van der Waals surface area contributed by atoms with Gasteiger partial charge < -0.3 is 14.6 Å². The summed E-state index contributed by atoms with van der Waals surface area (Å²) in [5.74, 6) is -0.905. The average Bonchev–Trinajstić information content (AvgIpc) is 3.16. The second kappa shape index (κ2) is 8.60. The van der Waals surface area contributed by atoms with E-state index in [0.717, 1.165) is 5.69 Å². The third-order valence-electron chi connectivity index (χ3n) is 4.08. The number of esters is 1. The first-order valence-corrected chi connectivity index (χ1v) is 9.18. The molecular weight excluding hydrogens is 370 g/mol. The van der Waals surface area contributed by atoms with Crippen LogP contribution in [0.2, 0.25) is 0 Å². The van der Waals surface area contributed by atoms with Gasteiger partial charge in [0.15, 0.2) is 6.61 Å². The molecule has 0 saturated carbocycles. The van der Waals surface area contributed by atoms with Crippen LogP contribution in [0.4, 0.5) is 17.3 Å².